The van der Waals surface area contributed by atoms with Crippen molar-refractivity contribution < 1.29 is 14.3 Å². The average molecular weight is 336 g/mol. The summed E-state index contributed by atoms with van der Waals surface area (Å²) in [5, 5.41) is 8.38. The minimum absolute atomic E-state index is 0.000455. The number of carboxylic acids is 1. The zero-order chi connectivity index (χ0) is 15.0. The lowest BCUT2D eigenvalue weighted by Crippen LogP contribution is -2.05. The van der Waals surface area contributed by atoms with Gasteiger partial charge in [-0.05, 0) is 18.2 Å². The van der Waals surface area contributed by atoms with Gasteiger partial charge in [0, 0.05) is 5.56 Å². The van der Waals surface area contributed by atoms with Gasteiger partial charge < -0.3 is 10.8 Å². The Hall–Kier alpha value is -1.56. The molecule has 0 saturated carbocycles. The molecular formula is C12H6Cl3FN2O2. The second-order valence-electron chi connectivity index (χ2n) is 3.79. The normalized spacial score (nSPS) is 10.6. The number of carbonyl (C=O) groups is 1. The van der Waals surface area contributed by atoms with Crippen LogP contribution in [0.15, 0.2) is 18.2 Å². The molecule has 0 unspecified atom stereocenters. The van der Waals surface area contributed by atoms with Crippen LogP contribution in [-0.2, 0) is 0 Å². The van der Waals surface area contributed by atoms with Crippen LogP contribution < -0.4 is 5.73 Å². The summed E-state index contributed by atoms with van der Waals surface area (Å²) in [7, 11) is 0. The van der Waals surface area contributed by atoms with Crippen LogP contribution in [0.4, 0.5) is 10.1 Å². The van der Waals surface area contributed by atoms with Crippen molar-refractivity contribution in [3.05, 3.63) is 44.8 Å². The van der Waals surface area contributed by atoms with Gasteiger partial charge in [-0.1, -0.05) is 34.8 Å². The molecule has 0 aliphatic rings. The van der Waals surface area contributed by atoms with E-state index in [-0.39, 0.29) is 32.0 Å². The van der Waals surface area contributed by atoms with Crippen LogP contribution in [0.25, 0.3) is 11.3 Å². The molecule has 1 aromatic heterocycles. The molecule has 3 N–H and O–H groups in total. The number of benzene rings is 1. The third kappa shape index (κ3) is 2.52. The maximum absolute atomic E-state index is 13.7. The summed E-state index contributed by atoms with van der Waals surface area (Å²) in [6, 6.07) is 4.00. The van der Waals surface area contributed by atoms with Crippen molar-refractivity contribution >= 4 is 46.5 Å². The zero-order valence-electron chi connectivity index (χ0n) is 9.62. The van der Waals surface area contributed by atoms with Gasteiger partial charge in [-0.2, -0.15) is 0 Å². The maximum Gasteiger partial charge on any atom is 0.356 e. The molecule has 0 spiro atoms. The number of carboxylic acid groups (broad SMARTS) is 1. The van der Waals surface area contributed by atoms with Crippen LogP contribution >= 0.6 is 34.8 Å². The van der Waals surface area contributed by atoms with Gasteiger partial charge in [-0.3, -0.25) is 0 Å². The topological polar surface area (TPSA) is 76.2 Å². The Balaban J connectivity index is 2.71. The lowest BCUT2D eigenvalue weighted by atomic mass is 10.1. The van der Waals surface area contributed by atoms with Gasteiger partial charge >= 0.3 is 5.97 Å². The fraction of sp³-hybridized carbons (Fsp3) is 0. The van der Waals surface area contributed by atoms with Crippen LogP contribution in [0.2, 0.25) is 15.1 Å². The first kappa shape index (κ1) is 14.8. The second-order valence-corrected chi connectivity index (χ2v) is 4.95. The zero-order valence-corrected chi connectivity index (χ0v) is 11.9. The standard InChI is InChI=1S/C12H6Cl3FN2O2/c13-5-2-1-4(8(14)10(5)16)7-3-6(17)9(15)11(18-7)12(19)20/h1-3H,(H2,17,18)(H,19,20). The van der Waals surface area contributed by atoms with E-state index in [0.29, 0.717) is 0 Å². The predicted molar refractivity (Wildman–Crippen MR) is 76.0 cm³/mol. The van der Waals surface area contributed by atoms with E-state index in [1.807, 2.05) is 0 Å². The maximum atomic E-state index is 13.7. The third-order valence-electron chi connectivity index (χ3n) is 2.50. The third-order valence-corrected chi connectivity index (χ3v) is 3.56. The van der Waals surface area contributed by atoms with Crippen molar-refractivity contribution in [3.8, 4) is 11.3 Å². The summed E-state index contributed by atoms with van der Waals surface area (Å²) in [5.41, 5.74) is 5.43. The molecular weight excluding hydrogens is 330 g/mol. The van der Waals surface area contributed by atoms with Crippen molar-refractivity contribution in [1.82, 2.24) is 4.98 Å². The SMILES string of the molecule is Nc1cc(-c2ccc(Cl)c(F)c2Cl)nc(C(=O)O)c1Cl. The van der Waals surface area contributed by atoms with Gasteiger partial charge in [0.15, 0.2) is 11.5 Å². The number of nitrogen functional groups attached to an aromatic ring is 1. The molecule has 4 nitrogen and oxygen atoms in total. The Morgan fingerprint density at radius 3 is 2.50 bits per heavy atom. The lowest BCUT2D eigenvalue weighted by Gasteiger charge is -2.09. The molecule has 2 rings (SSSR count). The Morgan fingerprint density at radius 2 is 1.90 bits per heavy atom. The van der Waals surface area contributed by atoms with Gasteiger partial charge in [0.1, 0.15) is 0 Å². The fourth-order valence-corrected chi connectivity index (χ4v) is 2.20. The smallest absolute Gasteiger partial charge is 0.356 e. The van der Waals surface area contributed by atoms with E-state index in [9.17, 15) is 9.18 Å². The fourth-order valence-electron chi connectivity index (χ4n) is 1.55. The Labute approximate surface area is 127 Å². The quantitative estimate of drug-likeness (QED) is 0.809. The lowest BCUT2D eigenvalue weighted by molar-refractivity contribution is 0.0691. The minimum atomic E-state index is -1.35. The number of anilines is 1. The van der Waals surface area contributed by atoms with Crippen LogP contribution in [0.5, 0.6) is 0 Å². The number of aromatic nitrogens is 1. The number of halogens is 4. The van der Waals surface area contributed by atoms with Gasteiger partial charge in [-0.15, -0.1) is 0 Å². The molecule has 0 fully saturated rings. The summed E-state index contributed by atoms with van der Waals surface area (Å²) in [5.74, 6) is -2.17. The largest absolute Gasteiger partial charge is 0.476 e. The number of nitrogens with two attached hydrogens (primary N) is 1. The highest BCUT2D eigenvalue weighted by molar-refractivity contribution is 6.37. The number of aromatic carboxylic acids is 1. The second kappa shape index (κ2) is 5.44. The molecule has 0 aliphatic carbocycles. The first-order chi connectivity index (χ1) is 9.32. The molecule has 0 bridgehead atoms. The van der Waals surface area contributed by atoms with E-state index < -0.39 is 17.5 Å². The number of nitrogens with zero attached hydrogens (tertiary/aromatic N) is 1. The monoisotopic (exact) mass is 334 g/mol. The molecule has 1 aromatic carbocycles. The van der Waals surface area contributed by atoms with E-state index in [0.717, 1.165) is 0 Å². The molecule has 1 heterocycles. The van der Waals surface area contributed by atoms with E-state index in [4.69, 9.17) is 45.6 Å². The molecule has 0 radical (unpaired) electrons. The van der Waals surface area contributed by atoms with Crippen LogP contribution in [0, 0.1) is 5.82 Å². The van der Waals surface area contributed by atoms with Gasteiger partial charge in [0.05, 0.1) is 26.4 Å². The number of hydrogen-bond donors (Lipinski definition) is 2. The molecule has 0 saturated heterocycles. The Kier molecular flexibility index (Phi) is 4.04. The number of rotatable bonds is 2. The molecule has 2 aromatic rings. The van der Waals surface area contributed by atoms with Gasteiger partial charge in [0.25, 0.3) is 0 Å². The van der Waals surface area contributed by atoms with Crippen molar-refractivity contribution in [3.63, 3.8) is 0 Å². The van der Waals surface area contributed by atoms with E-state index in [1.54, 1.807) is 0 Å². The molecule has 0 atom stereocenters. The Morgan fingerprint density at radius 1 is 1.25 bits per heavy atom. The summed E-state index contributed by atoms with van der Waals surface area (Å²) in [6.07, 6.45) is 0. The summed E-state index contributed by atoms with van der Waals surface area (Å²) in [6.45, 7) is 0. The van der Waals surface area contributed by atoms with E-state index in [2.05, 4.69) is 4.98 Å². The van der Waals surface area contributed by atoms with E-state index in [1.165, 1.54) is 18.2 Å². The Bertz CT molecular complexity index is 722. The van der Waals surface area contributed by atoms with Crippen molar-refractivity contribution in [2.75, 3.05) is 5.73 Å². The molecule has 8 heteroatoms. The van der Waals surface area contributed by atoms with Crippen molar-refractivity contribution in [2.45, 2.75) is 0 Å². The highest BCUT2D eigenvalue weighted by Crippen LogP contribution is 2.35. The first-order valence-corrected chi connectivity index (χ1v) is 6.29. The predicted octanol–water partition coefficient (Wildman–Crippen LogP) is 4.13. The highest BCUT2D eigenvalue weighted by atomic mass is 35.5. The van der Waals surface area contributed by atoms with Crippen LogP contribution in [-0.4, -0.2) is 16.1 Å². The first-order valence-electron chi connectivity index (χ1n) is 5.16. The molecule has 0 aliphatic heterocycles. The van der Waals surface area contributed by atoms with Gasteiger partial charge in [-0.25, -0.2) is 14.2 Å². The average Bonchev–Trinajstić information content (AvgIpc) is 2.39. The van der Waals surface area contributed by atoms with Crippen LogP contribution in [0.1, 0.15) is 10.5 Å². The van der Waals surface area contributed by atoms with Crippen molar-refractivity contribution in [2.24, 2.45) is 0 Å². The molecule has 20 heavy (non-hydrogen) atoms. The number of pyridine rings is 1. The summed E-state index contributed by atoms with van der Waals surface area (Å²) < 4.78 is 13.7. The van der Waals surface area contributed by atoms with E-state index >= 15 is 0 Å². The minimum Gasteiger partial charge on any atom is -0.476 e. The van der Waals surface area contributed by atoms with Crippen LogP contribution in [0.3, 0.4) is 0 Å². The van der Waals surface area contributed by atoms with Gasteiger partial charge in [0.2, 0.25) is 0 Å². The summed E-state index contributed by atoms with van der Waals surface area (Å²) >= 11 is 17.2. The molecule has 0 amide bonds. The highest BCUT2D eigenvalue weighted by Gasteiger charge is 2.19. The van der Waals surface area contributed by atoms with Crippen molar-refractivity contribution in [1.29, 1.82) is 0 Å². The number of hydrogen-bond acceptors (Lipinski definition) is 3. The molecule has 104 valence electrons. The summed E-state index contributed by atoms with van der Waals surface area (Å²) in [4.78, 5) is 14.9.